The molecule has 0 radical (unpaired) electrons. The highest BCUT2D eigenvalue weighted by Gasteiger charge is 2.26. The molecule has 0 aliphatic carbocycles. The lowest BCUT2D eigenvalue weighted by atomic mass is 9.99. The van der Waals surface area contributed by atoms with E-state index in [4.69, 9.17) is 0 Å². The van der Waals surface area contributed by atoms with E-state index in [1.807, 2.05) is 11.8 Å². The van der Waals surface area contributed by atoms with Crippen molar-refractivity contribution in [3.05, 3.63) is 28.8 Å². The first-order chi connectivity index (χ1) is 6.59. The molecule has 0 spiro atoms. The summed E-state index contributed by atoms with van der Waals surface area (Å²) in [5, 5.41) is 9.99. The van der Waals surface area contributed by atoms with Gasteiger partial charge in [0.15, 0.2) is 0 Å². The molecule has 0 saturated heterocycles. The van der Waals surface area contributed by atoms with Crippen LogP contribution in [0.5, 0.6) is 0 Å². The maximum atomic E-state index is 9.99. The van der Waals surface area contributed by atoms with Crippen molar-refractivity contribution >= 4 is 27.7 Å². The number of aliphatic hydroxyl groups is 1. The third kappa shape index (κ3) is 1.73. The van der Waals surface area contributed by atoms with E-state index in [2.05, 4.69) is 41.9 Å². The van der Waals surface area contributed by atoms with Crippen LogP contribution in [0.1, 0.15) is 29.2 Å². The van der Waals surface area contributed by atoms with Gasteiger partial charge < -0.3 is 5.11 Å². The van der Waals surface area contributed by atoms with Crippen molar-refractivity contribution in [1.82, 2.24) is 0 Å². The smallest absolute Gasteiger partial charge is 0.0822 e. The molecule has 0 bridgehead atoms. The minimum atomic E-state index is -0.310. The second kappa shape index (κ2) is 3.87. The van der Waals surface area contributed by atoms with Crippen LogP contribution in [0.25, 0.3) is 0 Å². The lowest BCUT2D eigenvalue weighted by molar-refractivity contribution is 0.167. The predicted octanol–water partition coefficient (Wildman–Crippen LogP) is 3.55. The van der Waals surface area contributed by atoms with Crippen LogP contribution in [0.2, 0.25) is 0 Å². The summed E-state index contributed by atoms with van der Waals surface area (Å²) in [6.07, 6.45) is 0.484. The van der Waals surface area contributed by atoms with Gasteiger partial charge in [-0.3, -0.25) is 0 Å². The van der Waals surface area contributed by atoms with Gasteiger partial charge in [0.25, 0.3) is 0 Å². The summed E-state index contributed by atoms with van der Waals surface area (Å²) < 4.78 is 0.338. The van der Waals surface area contributed by atoms with E-state index in [0.717, 1.165) is 12.0 Å². The Morgan fingerprint density at radius 3 is 2.71 bits per heavy atom. The molecule has 0 aromatic heterocycles. The van der Waals surface area contributed by atoms with Gasteiger partial charge in [-0.2, -0.15) is 0 Å². The van der Waals surface area contributed by atoms with E-state index in [1.165, 1.54) is 16.0 Å². The van der Waals surface area contributed by atoms with Crippen LogP contribution in [0.15, 0.2) is 17.0 Å². The van der Waals surface area contributed by atoms with Gasteiger partial charge in [0, 0.05) is 4.90 Å². The lowest BCUT2D eigenvalue weighted by Gasteiger charge is -2.27. The summed E-state index contributed by atoms with van der Waals surface area (Å²) in [5.74, 6) is 0. The van der Waals surface area contributed by atoms with Gasteiger partial charge in [-0.25, -0.2) is 0 Å². The maximum Gasteiger partial charge on any atom is 0.0822 e. The summed E-state index contributed by atoms with van der Waals surface area (Å²) in [4.78, 5) is 1.26. The molecule has 1 N–H and O–H groups in total. The second-order valence-corrected chi connectivity index (χ2v) is 6.65. The Labute approximate surface area is 97.0 Å². The van der Waals surface area contributed by atoms with Crippen molar-refractivity contribution in [2.75, 3.05) is 0 Å². The number of halogens is 1. The van der Waals surface area contributed by atoms with Crippen LogP contribution in [0, 0.1) is 13.8 Å². The normalized spacial score (nSPS) is 26.0. The third-order valence-electron chi connectivity index (χ3n) is 2.60. The number of benzene rings is 1. The predicted molar refractivity (Wildman–Crippen MR) is 64.1 cm³/mol. The molecule has 0 fully saturated rings. The van der Waals surface area contributed by atoms with Crippen LogP contribution < -0.4 is 0 Å². The average Bonchev–Trinajstić information content (AvgIpc) is 2.10. The van der Waals surface area contributed by atoms with Gasteiger partial charge >= 0.3 is 0 Å². The summed E-state index contributed by atoms with van der Waals surface area (Å²) in [5.41, 5.74) is 3.59. The zero-order valence-electron chi connectivity index (χ0n) is 8.25. The monoisotopic (exact) mass is 272 g/mol. The Kier molecular flexibility index (Phi) is 2.91. The molecule has 0 amide bonds. The molecule has 1 aliphatic rings. The number of fused-ring (bicyclic) bond motifs is 1. The Morgan fingerprint density at radius 2 is 2.00 bits per heavy atom. The molecular formula is C11H13BrOS. The molecule has 76 valence electrons. The van der Waals surface area contributed by atoms with Crippen LogP contribution in [0.3, 0.4) is 0 Å². The fourth-order valence-electron chi connectivity index (χ4n) is 1.85. The topological polar surface area (TPSA) is 20.2 Å². The number of aliphatic hydroxyl groups excluding tert-OH is 1. The van der Waals surface area contributed by atoms with Crippen molar-refractivity contribution in [2.45, 2.75) is 35.4 Å². The number of alkyl halides is 1. The number of hydrogen-bond acceptors (Lipinski definition) is 2. The molecular weight excluding hydrogens is 260 g/mol. The molecule has 0 saturated carbocycles. The Hall–Kier alpha value is 0.01000. The summed E-state index contributed by atoms with van der Waals surface area (Å²) in [6, 6.07) is 4.21. The first-order valence-electron chi connectivity index (χ1n) is 4.68. The number of thioether (sulfide) groups is 1. The molecule has 3 heteroatoms. The molecule has 2 rings (SSSR count). The van der Waals surface area contributed by atoms with Crippen molar-refractivity contribution < 1.29 is 5.11 Å². The van der Waals surface area contributed by atoms with Crippen LogP contribution in [0.4, 0.5) is 0 Å². The lowest BCUT2D eigenvalue weighted by Crippen LogP contribution is -2.13. The van der Waals surface area contributed by atoms with Crippen LogP contribution in [-0.2, 0) is 0 Å². The zero-order valence-corrected chi connectivity index (χ0v) is 10.7. The molecule has 1 aromatic carbocycles. The van der Waals surface area contributed by atoms with E-state index in [9.17, 15) is 5.11 Å². The highest BCUT2D eigenvalue weighted by atomic mass is 79.9. The maximum absolute atomic E-state index is 9.99. The fraction of sp³-hybridized carbons (Fsp3) is 0.455. The highest BCUT2D eigenvalue weighted by Crippen LogP contribution is 2.45. The molecule has 1 heterocycles. The van der Waals surface area contributed by atoms with Crippen molar-refractivity contribution in [2.24, 2.45) is 0 Å². The number of aryl methyl sites for hydroxylation is 2. The van der Waals surface area contributed by atoms with Gasteiger partial charge in [-0.15, -0.1) is 11.8 Å². The van der Waals surface area contributed by atoms with E-state index in [0.29, 0.717) is 4.16 Å². The summed E-state index contributed by atoms with van der Waals surface area (Å²) in [7, 11) is 0. The van der Waals surface area contributed by atoms with E-state index < -0.39 is 0 Å². The van der Waals surface area contributed by atoms with Gasteiger partial charge in [0.05, 0.1) is 10.3 Å². The van der Waals surface area contributed by atoms with Crippen molar-refractivity contribution in [3.8, 4) is 0 Å². The first kappa shape index (κ1) is 10.5. The molecule has 1 aliphatic heterocycles. The summed E-state index contributed by atoms with van der Waals surface area (Å²) >= 11 is 5.37. The van der Waals surface area contributed by atoms with Crippen LogP contribution in [-0.4, -0.2) is 9.27 Å². The summed E-state index contributed by atoms with van der Waals surface area (Å²) in [6.45, 7) is 4.17. The minimum absolute atomic E-state index is 0.310. The van der Waals surface area contributed by atoms with E-state index in [1.54, 1.807) is 0 Å². The third-order valence-corrected chi connectivity index (χ3v) is 4.76. The molecule has 1 aromatic rings. The van der Waals surface area contributed by atoms with Gasteiger partial charge in [-0.05, 0) is 37.0 Å². The first-order valence-corrected chi connectivity index (χ1v) is 6.48. The quantitative estimate of drug-likeness (QED) is 0.729. The standard InChI is InChI=1S/C11H13BrOS/c1-6-3-4-7(2)11-10(6)8(13)5-9(12)14-11/h3-4,8-9,13H,5H2,1-2H3. The van der Waals surface area contributed by atoms with Crippen LogP contribution >= 0.6 is 27.7 Å². The molecule has 2 unspecified atom stereocenters. The molecule has 2 atom stereocenters. The van der Waals surface area contributed by atoms with Gasteiger partial charge in [-0.1, -0.05) is 28.1 Å². The molecule has 14 heavy (non-hydrogen) atoms. The van der Waals surface area contributed by atoms with E-state index >= 15 is 0 Å². The van der Waals surface area contributed by atoms with E-state index in [-0.39, 0.29) is 6.10 Å². The average molecular weight is 273 g/mol. The Bertz CT molecular complexity index is 365. The number of rotatable bonds is 0. The fourth-order valence-corrected chi connectivity index (χ4v) is 3.97. The van der Waals surface area contributed by atoms with Gasteiger partial charge in [0.1, 0.15) is 0 Å². The highest BCUT2D eigenvalue weighted by molar-refractivity contribution is 9.11. The molecule has 1 nitrogen and oxygen atoms in total. The second-order valence-electron chi connectivity index (χ2n) is 3.72. The Morgan fingerprint density at radius 1 is 1.36 bits per heavy atom. The Balaban J connectivity index is 2.57. The van der Waals surface area contributed by atoms with Crippen molar-refractivity contribution in [1.29, 1.82) is 0 Å². The van der Waals surface area contributed by atoms with Crippen molar-refractivity contribution in [3.63, 3.8) is 0 Å². The largest absolute Gasteiger partial charge is 0.388 e. The zero-order chi connectivity index (χ0) is 10.3. The minimum Gasteiger partial charge on any atom is -0.388 e. The van der Waals surface area contributed by atoms with Gasteiger partial charge in [0.2, 0.25) is 0 Å². The SMILES string of the molecule is Cc1ccc(C)c2c1SC(Br)CC2O. The number of hydrogen-bond donors (Lipinski definition) is 1.